The molecule has 1 N–H and O–H groups in total. The van der Waals surface area contributed by atoms with Crippen LogP contribution in [0.5, 0.6) is 0 Å². The quantitative estimate of drug-likeness (QED) is 0.883. The monoisotopic (exact) mass is 245 g/mol. The van der Waals surface area contributed by atoms with E-state index in [9.17, 15) is 13.2 Å². The maximum Gasteiger partial charge on any atom is 0.405 e. The zero-order valence-electron chi connectivity index (χ0n) is 9.46. The lowest BCUT2D eigenvalue weighted by Gasteiger charge is -2.26. The number of alkyl halides is 3. The number of halogens is 3. The van der Waals surface area contributed by atoms with E-state index in [2.05, 4.69) is 10.3 Å². The van der Waals surface area contributed by atoms with Gasteiger partial charge in [0.05, 0.1) is 0 Å². The molecule has 0 radical (unpaired) electrons. The zero-order chi connectivity index (χ0) is 12.5. The topological polar surface area (TPSA) is 28.2 Å². The van der Waals surface area contributed by atoms with Crippen molar-refractivity contribution in [3.05, 3.63) is 18.3 Å². The van der Waals surface area contributed by atoms with Crippen LogP contribution in [0.1, 0.15) is 12.8 Å². The minimum Gasteiger partial charge on any atom is -0.373 e. The molecule has 2 rings (SSSR count). The summed E-state index contributed by atoms with van der Waals surface area (Å²) in [5.41, 5.74) is 0.573. The van der Waals surface area contributed by atoms with Gasteiger partial charge in [-0.1, -0.05) is 0 Å². The second kappa shape index (κ2) is 4.43. The summed E-state index contributed by atoms with van der Waals surface area (Å²) in [6, 6.07) is 3.28. The van der Waals surface area contributed by atoms with Crippen molar-refractivity contribution in [3.63, 3.8) is 0 Å². The number of hydrogen-bond donors (Lipinski definition) is 1. The summed E-state index contributed by atoms with van der Waals surface area (Å²) < 4.78 is 37.5. The van der Waals surface area contributed by atoms with E-state index < -0.39 is 12.7 Å². The molecule has 1 aliphatic carbocycles. The van der Waals surface area contributed by atoms with Gasteiger partial charge >= 0.3 is 6.18 Å². The Bertz CT molecular complexity index is 388. The lowest BCUT2D eigenvalue weighted by molar-refractivity contribution is -0.120. The predicted molar refractivity (Wildman–Crippen MR) is 60.2 cm³/mol. The smallest absolute Gasteiger partial charge is 0.373 e. The summed E-state index contributed by atoms with van der Waals surface area (Å²) in [5.74, 6) is 0.579. The van der Waals surface area contributed by atoms with Crippen molar-refractivity contribution in [1.29, 1.82) is 0 Å². The molecular formula is C11H14F3N3. The average molecular weight is 245 g/mol. The molecule has 0 spiro atoms. The normalized spacial score (nSPS) is 15.8. The van der Waals surface area contributed by atoms with E-state index in [0.717, 1.165) is 12.8 Å². The molecule has 94 valence electrons. The highest BCUT2D eigenvalue weighted by Gasteiger charge is 2.38. The van der Waals surface area contributed by atoms with Gasteiger partial charge in [-0.25, -0.2) is 4.98 Å². The van der Waals surface area contributed by atoms with E-state index in [0.29, 0.717) is 11.5 Å². The third-order valence-corrected chi connectivity index (χ3v) is 2.67. The van der Waals surface area contributed by atoms with Gasteiger partial charge in [-0.3, -0.25) is 0 Å². The summed E-state index contributed by atoms with van der Waals surface area (Å²) in [5, 5.41) is 2.83. The van der Waals surface area contributed by atoms with Gasteiger partial charge in [0.25, 0.3) is 0 Å². The van der Waals surface area contributed by atoms with Crippen LogP contribution in [0.4, 0.5) is 24.7 Å². The first-order chi connectivity index (χ1) is 7.99. The van der Waals surface area contributed by atoms with Crippen LogP contribution < -0.4 is 10.2 Å². The molecule has 1 saturated carbocycles. The van der Waals surface area contributed by atoms with Crippen molar-refractivity contribution < 1.29 is 13.2 Å². The SMILES string of the molecule is CNc1cc(N(CC(F)(F)F)C2CC2)ccn1. The number of rotatable bonds is 4. The van der Waals surface area contributed by atoms with E-state index in [1.807, 2.05) is 0 Å². The summed E-state index contributed by atoms with van der Waals surface area (Å²) in [6.45, 7) is -0.898. The molecule has 1 aromatic heterocycles. The highest BCUT2D eigenvalue weighted by Crippen LogP contribution is 2.34. The molecule has 1 heterocycles. The van der Waals surface area contributed by atoms with Gasteiger partial charge in [0.1, 0.15) is 12.4 Å². The van der Waals surface area contributed by atoms with Crippen LogP contribution in [-0.4, -0.2) is 30.8 Å². The van der Waals surface area contributed by atoms with Crippen LogP contribution in [0.15, 0.2) is 18.3 Å². The highest BCUT2D eigenvalue weighted by atomic mass is 19.4. The lowest BCUT2D eigenvalue weighted by Crippen LogP contribution is -2.36. The Labute approximate surface area is 97.6 Å². The van der Waals surface area contributed by atoms with E-state index in [1.54, 1.807) is 19.2 Å². The molecule has 0 atom stereocenters. The summed E-state index contributed by atoms with van der Waals surface area (Å²) >= 11 is 0. The van der Waals surface area contributed by atoms with Gasteiger partial charge < -0.3 is 10.2 Å². The first-order valence-corrected chi connectivity index (χ1v) is 5.47. The van der Waals surface area contributed by atoms with E-state index in [-0.39, 0.29) is 6.04 Å². The summed E-state index contributed by atoms with van der Waals surface area (Å²) in [7, 11) is 1.69. The summed E-state index contributed by atoms with van der Waals surface area (Å²) in [4.78, 5) is 5.40. The van der Waals surface area contributed by atoms with E-state index in [1.165, 1.54) is 11.1 Å². The molecule has 1 aliphatic rings. The van der Waals surface area contributed by atoms with Gasteiger partial charge in [-0.05, 0) is 18.9 Å². The van der Waals surface area contributed by atoms with Crippen molar-refractivity contribution in [2.45, 2.75) is 25.1 Å². The van der Waals surface area contributed by atoms with Crippen molar-refractivity contribution >= 4 is 11.5 Å². The lowest BCUT2D eigenvalue weighted by atomic mass is 10.3. The molecule has 0 aliphatic heterocycles. The van der Waals surface area contributed by atoms with Crippen LogP contribution in [0, 0.1) is 0 Å². The first kappa shape index (κ1) is 12.0. The fourth-order valence-corrected chi connectivity index (χ4v) is 1.75. The second-order valence-corrected chi connectivity index (χ2v) is 4.12. The average Bonchev–Trinajstić information content (AvgIpc) is 3.09. The fraction of sp³-hybridized carbons (Fsp3) is 0.545. The Morgan fingerprint density at radius 3 is 2.71 bits per heavy atom. The highest BCUT2D eigenvalue weighted by molar-refractivity contribution is 5.55. The third-order valence-electron chi connectivity index (χ3n) is 2.67. The molecule has 0 saturated heterocycles. The third kappa shape index (κ3) is 3.25. The van der Waals surface area contributed by atoms with E-state index >= 15 is 0 Å². The Hall–Kier alpha value is -1.46. The van der Waals surface area contributed by atoms with Crippen LogP contribution in [0.2, 0.25) is 0 Å². The molecule has 0 bridgehead atoms. The maximum atomic E-state index is 12.5. The number of nitrogens with one attached hydrogen (secondary N) is 1. The van der Waals surface area contributed by atoms with Crippen LogP contribution in [-0.2, 0) is 0 Å². The number of aromatic nitrogens is 1. The number of anilines is 2. The Kier molecular flexibility index (Phi) is 3.13. The molecule has 1 fully saturated rings. The van der Waals surface area contributed by atoms with Gasteiger partial charge in [-0.15, -0.1) is 0 Å². The number of hydrogen-bond acceptors (Lipinski definition) is 3. The van der Waals surface area contributed by atoms with Gasteiger partial charge in [0.2, 0.25) is 0 Å². The van der Waals surface area contributed by atoms with Crippen molar-refractivity contribution in [2.75, 3.05) is 23.8 Å². The fourth-order valence-electron chi connectivity index (χ4n) is 1.75. The zero-order valence-corrected chi connectivity index (χ0v) is 9.46. The molecule has 17 heavy (non-hydrogen) atoms. The molecule has 0 aromatic carbocycles. The standard InChI is InChI=1S/C11H14F3N3/c1-15-10-6-9(4-5-16-10)17(8-2-3-8)7-11(12,13)14/h4-6,8H,2-3,7H2,1H3,(H,15,16). The number of pyridine rings is 1. The molecular weight excluding hydrogens is 231 g/mol. The Morgan fingerprint density at radius 1 is 1.47 bits per heavy atom. The molecule has 0 unspecified atom stereocenters. The van der Waals surface area contributed by atoms with E-state index in [4.69, 9.17) is 0 Å². The van der Waals surface area contributed by atoms with Crippen LogP contribution in [0.3, 0.4) is 0 Å². The first-order valence-electron chi connectivity index (χ1n) is 5.47. The Balaban J connectivity index is 2.19. The van der Waals surface area contributed by atoms with Gasteiger partial charge in [0.15, 0.2) is 0 Å². The molecule has 6 heteroatoms. The minimum atomic E-state index is -4.17. The van der Waals surface area contributed by atoms with Crippen LogP contribution in [0.25, 0.3) is 0 Å². The molecule has 0 amide bonds. The van der Waals surface area contributed by atoms with Crippen molar-refractivity contribution in [1.82, 2.24) is 4.98 Å². The predicted octanol–water partition coefficient (Wildman–Crippen LogP) is 2.65. The van der Waals surface area contributed by atoms with Gasteiger partial charge in [0, 0.05) is 31.0 Å². The summed E-state index contributed by atoms with van der Waals surface area (Å²) in [6.07, 6.45) is -1.00. The second-order valence-electron chi connectivity index (χ2n) is 4.12. The molecule has 1 aromatic rings. The Morgan fingerprint density at radius 2 is 2.18 bits per heavy atom. The maximum absolute atomic E-state index is 12.5. The largest absolute Gasteiger partial charge is 0.405 e. The molecule has 3 nitrogen and oxygen atoms in total. The van der Waals surface area contributed by atoms with Crippen molar-refractivity contribution in [2.24, 2.45) is 0 Å². The minimum absolute atomic E-state index is 0.0173. The van der Waals surface area contributed by atoms with Crippen LogP contribution >= 0.6 is 0 Å². The number of nitrogens with zero attached hydrogens (tertiary/aromatic N) is 2. The van der Waals surface area contributed by atoms with Gasteiger partial charge in [-0.2, -0.15) is 13.2 Å². The van der Waals surface area contributed by atoms with Crippen molar-refractivity contribution in [3.8, 4) is 0 Å².